The van der Waals surface area contributed by atoms with Gasteiger partial charge in [-0.05, 0) is 5.57 Å². The number of β-lactam (4-membered cyclic amide) rings is 1. The normalized spacial score (nSPS) is 19.7. The number of nitrogens with one attached hydrogen (secondary N) is 2. The Morgan fingerprint density at radius 3 is 2.77 bits per heavy atom. The summed E-state index contributed by atoms with van der Waals surface area (Å²) >= 11 is 4.02. The molecule has 1 unspecified atom stereocenters. The molecule has 15 heteroatoms. The molecule has 4 rings (SSSR count). The van der Waals surface area contributed by atoms with Crippen LogP contribution in [-0.4, -0.2) is 75.6 Å². The third-order valence-corrected chi connectivity index (χ3v) is 8.28. The highest BCUT2D eigenvalue weighted by atomic mass is 32.2. The Labute approximate surface area is 212 Å². The predicted molar refractivity (Wildman–Crippen MR) is 132 cm³/mol. The van der Waals surface area contributed by atoms with Crippen molar-refractivity contribution in [3.8, 4) is 0 Å². The average molecular weight is 537 g/mol. The number of thiazole rings is 1. The van der Waals surface area contributed by atoms with E-state index in [1.54, 1.807) is 17.1 Å². The van der Waals surface area contributed by atoms with Crippen LogP contribution in [0.5, 0.6) is 0 Å². The maximum absolute atomic E-state index is 12.9. The number of carbonyl (C=O) groups excluding carboxylic acids is 2. The number of carboxylic acids is 1. The van der Waals surface area contributed by atoms with Crippen molar-refractivity contribution in [3.63, 3.8) is 0 Å². The van der Waals surface area contributed by atoms with Gasteiger partial charge in [-0.1, -0.05) is 9.83 Å². The molecule has 1 fully saturated rings. The van der Waals surface area contributed by atoms with Crippen LogP contribution in [0.4, 0.5) is 5.13 Å². The second kappa shape index (κ2) is 10.5. The Kier molecular flexibility index (Phi) is 7.47. The maximum Gasteiger partial charge on any atom is 0.352 e. The van der Waals surface area contributed by atoms with Gasteiger partial charge in [-0.3, -0.25) is 14.5 Å². The lowest BCUT2D eigenvalue weighted by Gasteiger charge is -2.49. The number of aliphatic carboxylic acids is 1. The Hall–Kier alpha value is -3.30. The third kappa shape index (κ3) is 5.06. The largest absolute Gasteiger partial charge is 0.477 e. The second-order valence-electron chi connectivity index (χ2n) is 7.27. The molecule has 2 aromatic heterocycles. The highest BCUT2D eigenvalue weighted by Gasteiger charge is 2.54. The van der Waals surface area contributed by atoms with Crippen molar-refractivity contribution in [1.82, 2.24) is 15.2 Å². The molecule has 2 aliphatic heterocycles. The van der Waals surface area contributed by atoms with Crippen LogP contribution in [0.2, 0.25) is 0 Å². The molecular formula is C20H22N7O5S3+. The fraction of sp³-hybridized carbons (Fsp3) is 0.300. The highest BCUT2D eigenvalue weighted by molar-refractivity contribution is 8.01. The van der Waals surface area contributed by atoms with E-state index >= 15 is 0 Å². The van der Waals surface area contributed by atoms with Crippen LogP contribution >= 0.6 is 34.9 Å². The number of hydrogen-bond donors (Lipinski definition) is 4. The van der Waals surface area contributed by atoms with E-state index in [4.69, 9.17) is 10.6 Å². The SMILES string of the molecule is CN[n+]1ccc(SCC2=C(C(=O)O)N3C(=O)C(NC(=O)/C(=N\OC)c4csc(N)n4)[C@@H]3SC2)cc1. The Morgan fingerprint density at radius 1 is 1.43 bits per heavy atom. The van der Waals surface area contributed by atoms with Gasteiger partial charge < -0.3 is 21.0 Å². The molecule has 2 atom stereocenters. The van der Waals surface area contributed by atoms with Gasteiger partial charge in [0.2, 0.25) is 12.4 Å². The molecule has 35 heavy (non-hydrogen) atoms. The van der Waals surface area contributed by atoms with Crippen molar-refractivity contribution < 1.29 is 29.0 Å². The van der Waals surface area contributed by atoms with E-state index in [1.165, 1.54) is 35.5 Å². The monoisotopic (exact) mass is 536 g/mol. The number of fused-ring (bicyclic) bond motifs is 1. The van der Waals surface area contributed by atoms with Gasteiger partial charge in [0.25, 0.3) is 11.8 Å². The number of amides is 2. The molecule has 2 aliphatic rings. The van der Waals surface area contributed by atoms with Gasteiger partial charge in [0.05, 0.1) is 7.05 Å². The topological polar surface area (TPSA) is 163 Å². The summed E-state index contributed by atoms with van der Waals surface area (Å²) in [5.74, 6) is -1.51. The van der Waals surface area contributed by atoms with Crippen LogP contribution in [0.1, 0.15) is 5.69 Å². The van der Waals surface area contributed by atoms with Gasteiger partial charge >= 0.3 is 5.97 Å². The van der Waals surface area contributed by atoms with Crippen molar-refractivity contribution in [2.24, 2.45) is 5.16 Å². The lowest BCUT2D eigenvalue weighted by molar-refractivity contribution is -0.647. The number of pyridine rings is 1. The van der Waals surface area contributed by atoms with Gasteiger partial charge in [-0.25, -0.2) is 9.78 Å². The Morgan fingerprint density at radius 2 is 2.17 bits per heavy atom. The number of carboxylic acid groups (broad SMARTS) is 1. The molecule has 12 nitrogen and oxygen atoms in total. The summed E-state index contributed by atoms with van der Waals surface area (Å²) in [6, 6.07) is 2.92. The number of hydrogen-bond acceptors (Lipinski definition) is 11. The summed E-state index contributed by atoms with van der Waals surface area (Å²) in [7, 11) is 3.08. The summed E-state index contributed by atoms with van der Waals surface area (Å²) in [5.41, 5.74) is 9.32. The van der Waals surface area contributed by atoms with Crippen LogP contribution in [0.25, 0.3) is 0 Å². The summed E-state index contributed by atoms with van der Waals surface area (Å²) < 4.78 is 1.78. The van der Waals surface area contributed by atoms with Gasteiger partial charge in [-0.2, -0.15) is 5.43 Å². The molecule has 0 spiro atoms. The Bertz CT molecular complexity index is 1210. The minimum atomic E-state index is -1.18. The quantitative estimate of drug-likeness (QED) is 0.113. The molecule has 5 N–H and O–H groups in total. The smallest absolute Gasteiger partial charge is 0.352 e. The van der Waals surface area contributed by atoms with Crippen LogP contribution in [0, 0.1) is 0 Å². The van der Waals surface area contributed by atoms with Crippen LogP contribution < -0.4 is 21.2 Å². The molecule has 0 aromatic carbocycles. The number of rotatable bonds is 9. The van der Waals surface area contributed by atoms with E-state index in [0.29, 0.717) is 17.1 Å². The number of thioether (sulfide) groups is 2. The van der Waals surface area contributed by atoms with Crippen LogP contribution in [0.3, 0.4) is 0 Å². The molecule has 0 aliphatic carbocycles. The first-order valence-electron chi connectivity index (χ1n) is 10.2. The van der Waals surface area contributed by atoms with Crippen molar-refractivity contribution >= 4 is 63.5 Å². The first-order chi connectivity index (χ1) is 16.8. The molecule has 2 aromatic rings. The van der Waals surface area contributed by atoms with Gasteiger partial charge in [0.1, 0.15) is 29.9 Å². The van der Waals surface area contributed by atoms with Gasteiger partial charge in [-0.15, -0.1) is 34.9 Å². The van der Waals surface area contributed by atoms with E-state index < -0.39 is 29.2 Å². The predicted octanol–water partition coefficient (Wildman–Crippen LogP) is 0.0675. The maximum atomic E-state index is 12.9. The average Bonchev–Trinajstić information content (AvgIpc) is 3.29. The lowest BCUT2D eigenvalue weighted by Crippen LogP contribution is -2.71. The fourth-order valence-corrected chi connectivity index (χ4v) is 6.44. The zero-order chi connectivity index (χ0) is 25.1. The van der Waals surface area contributed by atoms with E-state index in [2.05, 4.69) is 20.9 Å². The highest BCUT2D eigenvalue weighted by Crippen LogP contribution is 2.41. The number of carbonyl (C=O) groups is 3. The first-order valence-corrected chi connectivity index (χ1v) is 13.1. The van der Waals surface area contributed by atoms with E-state index in [9.17, 15) is 19.5 Å². The fourth-order valence-electron chi connectivity index (χ4n) is 3.52. The zero-order valence-corrected chi connectivity index (χ0v) is 21.1. The third-order valence-electron chi connectivity index (χ3n) is 5.17. The van der Waals surface area contributed by atoms with Crippen molar-refractivity contribution in [2.75, 3.05) is 36.8 Å². The summed E-state index contributed by atoms with van der Waals surface area (Å²) in [4.78, 5) is 48.8. The minimum absolute atomic E-state index is 0.0315. The molecule has 1 saturated heterocycles. The molecular weight excluding hydrogens is 514 g/mol. The van der Waals surface area contributed by atoms with Crippen LogP contribution in [0.15, 0.2) is 51.2 Å². The first kappa shape index (κ1) is 24.8. The summed E-state index contributed by atoms with van der Waals surface area (Å²) in [6.07, 6.45) is 3.71. The van der Waals surface area contributed by atoms with Gasteiger partial charge in [0, 0.05) is 33.9 Å². The second-order valence-corrected chi connectivity index (χ2v) is 10.3. The van der Waals surface area contributed by atoms with Crippen LogP contribution in [-0.2, 0) is 19.2 Å². The van der Waals surface area contributed by atoms with Crippen molar-refractivity contribution in [1.29, 1.82) is 0 Å². The molecule has 4 heterocycles. The standard InChI is InChI=1S/C20H21N7O5S3/c1-22-26-5-3-11(4-6-26)33-7-10-8-34-18-14(17(29)27(18)15(10)19(30)31)24-16(28)13(25-32-2)12-9-35-20(21)23-12/h3-6,9,14,18,22H,7-8H2,1-2H3,(H3-,21,23,24,28,30,31)/p+1/b25-13-/t14?,18-/m0/s1. The number of aromatic nitrogens is 2. The van der Waals surface area contributed by atoms with Gasteiger partial charge in [0.15, 0.2) is 10.8 Å². The molecule has 0 radical (unpaired) electrons. The number of nitrogens with two attached hydrogens (primary N) is 1. The number of nitrogen functional groups attached to an aromatic ring is 1. The van der Waals surface area contributed by atoms with Crippen molar-refractivity contribution in [3.05, 3.63) is 46.9 Å². The number of anilines is 1. The zero-order valence-electron chi connectivity index (χ0n) is 18.6. The van der Waals surface area contributed by atoms with E-state index in [-0.39, 0.29) is 22.2 Å². The molecule has 184 valence electrons. The summed E-state index contributed by atoms with van der Waals surface area (Å²) in [6.45, 7) is 0. The number of oxime groups is 1. The lowest BCUT2D eigenvalue weighted by atomic mass is 10.0. The molecule has 0 bridgehead atoms. The summed E-state index contributed by atoms with van der Waals surface area (Å²) in [5, 5.41) is 17.5. The molecule has 2 amide bonds. The number of nitrogens with zero attached hydrogens (tertiary/aromatic N) is 4. The minimum Gasteiger partial charge on any atom is -0.477 e. The Balaban J connectivity index is 1.47. The van der Waals surface area contributed by atoms with Crippen molar-refractivity contribution in [2.45, 2.75) is 16.3 Å². The molecule has 0 saturated carbocycles. The van der Waals surface area contributed by atoms with E-state index in [0.717, 1.165) is 16.2 Å². The van der Waals surface area contributed by atoms with E-state index in [1.807, 2.05) is 24.5 Å².